The summed E-state index contributed by atoms with van der Waals surface area (Å²) in [6.07, 6.45) is 1.66. The summed E-state index contributed by atoms with van der Waals surface area (Å²) in [6, 6.07) is 1.84. The largest absolute Gasteiger partial charge is 0.465 e. The first kappa shape index (κ1) is 14.3. The molecule has 0 bridgehead atoms. The molecule has 0 fully saturated rings. The zero-order valence-electron chi connectivity index (χ0n) is 10.6. The second kappa shape index (κ2) is 5.88. The molecule has 0 amide bonds. The van der Waals surface area contributed by atoms with Crippen molar-refractivity contribution < 1.29 is 9.53 Å². The summed E-state index contributed by atoms with van der Waals surface area (Å²) in [5.74, 6) is 0.278. The molecule has 1 atom stereocenters. The Hall–Kier alpha value is -1.14. The molecule has 5 nitrogen and oxygen atoms in total. The summed E-state index contributed by atoms with van der Waals surface area (Å²) < 4.78 is 7.48. The number of rotatable bonds is 4. The highest BCUT2D eigenvalue weighted by atomic mass is 79.9. The average Bonchev–Trinajstić information content (AvgIpc) is 2.67. The van der Waals surface area contributed by atoms with Gasteiger partial charge in [-0.2, -0.15) is 0 Å². The van der Waals surface area contributed by atoms with Gasteiger partial charge in [-0.1, -0.05) is 0 Å². The van der Waals surface area contributed by atoms with Crippen LogP contribution in [-0.4, -0.2) is 27.1 Å². The van der Waals surface area contributed by atoms with Crippen LogP contribution in [0.4, 0.5) is 0 Å². The first-order chi connectivity index (χ1) is 9.02. The lowest BCUT2D eigenvalue weighted by Gasteiger charge is -2.09. The third kappa shape index (κ3) is 3.06. The van der Waals surface area contributed by atoms with Gasteiger partial charge in [-0.15, -0.1) is 11.6 Å². The number of halogens is 2. The maximum Gasteiger partial charge on any atom is 0.326 e. The lowest BCUT2D eigenvalue weighted by molar-refractivity contribution is -0.143. The van der Waals surface area contributed by atoms with Gasteiger partial charge in [-0.25, -0.2) is 9.97 Å². The number of nitrogens with zero attached hydrogens (tertiary/aromatic N) is 3. The van der Waals surface area contributed by atoms with Crippen molar-refractivity contribution in [2.75, 3.05) is 6.61 Å². The molecule has 0 N–H and O–H groups in total. The number of pyridine rings is 1. The molecule has 0 aliphatic heterocycles. The van der Waals surface area contributed by atoms with Crippen LogP contribution < -0.4 is 0 Å². The quantitative estimate of drug-likeness (QED) is 0.630. The van der Waals surface area contributed by atoms with Gasteiger partial charge in [0.2, 0.25) is 0 Å². The van der Waals surface area contributed by atoms with E-state index in [-0.39, 0.29) is 17.9 Å². The molecule has 2 aromatic rings. The highest BCUT2D eigenvalue weighted by Crippen LogP contribution is 2.25. The minimum atomic E-state index is -0.329. The SMILES string of the molecule is CCOC(=O)Cn1c(C(C)Cl)nc2cc(Br)cnc21. The molecule has 2 rings (SSSR count). The van der Waals surface area contributed by atoms with Crippen LogP contribution in [0.3, 0.4) is 0 Å². The second-order valence-corrected chi connectivity index (χ2v) is 5.54. The molecular formula is C12H13BrClN3O2. The highest BCUT2D eigenvalue weighted by molar-refractivity contribution is 9.10. The number of hydrogen-bond acceptors (Lipinski definition) is 4. The Morgan fingerprint density at radius 2 is 2.37 bits per heavy atom. The molecule has 1 unspecified atom stereocenters. The zero-order chi connectivity index (χ0) is 14.0. The summed E-state index contributed by atoms with van der Waals surface area (Å²) in [4.78, 5) is 20.3. The van der Waals surface area contributed by atoms with Crippen molar-refractivity contribution >= 4 is 44.7 Å². The van der Waals surface area contributed by atoms with E-state index < -0.39 is 0 Å². The number of hydrogen-bond donors (Lipinski definition) is 0. The number of esters is 1. The lowest BCUT2D eigenvalue weighted by atomic mass is 10.4. The van der Waals surface area contributed by atoms with Crippen LogP contribution in [0.2, 0.25) is 0 Å². The molecule has 0 radical (unpaired) electrons. The number of aromatic nitrogens is 3. The van der Waals surface area contributed by atoms with Gasteiger partial charge in [0.05, 0.1) is 12.0 Å². The standard InChI is InChI=1S/C12H13BrClN3O2/c1-3-19-10(18)6-17-11(7(2)14)16-9-4-8(13)5-15-12(9)17/h4-5,7H,3,6H2,1-2H3. The molecule has 0 aliphatic rings. The minimum absolute atomic E-state index is 0.0609. The predicted molar refractivity (Wildman–Crippen MR) is 76.1 cm³/mol. The van der Waals surface area contributed by atoms with Crippen molar-refractivity contribution in [3.05, 3.63) is 22.6 Å². The lowest BCUT2D eigenvalue weighted by Crippen LogP contribution is -2.16. The molecule has 0 aromatic carbocycles. The van der Waals surface area contributed by atoms with Crippen molar-refractivity contribution in [2.24, 2.45) is 0 Å². The first-order valence-electron chi connectivity index (χ1n) is 5.84. The molecule has 102 valence electrons. The van der Waals surface area contributed by atoms with Crippen LogP contribution >= 0.6 is 27.5 Å². The Kier molecular flexibility index (Phi) is 4.42. The third-order valence-electron chi connectivity index (χ3n) is 2.53. The number of fused-ring (bicyclic) bond motifs is 1. The summed E-state index contributed by atoms with van der Waals surface area (Å²) in [5, 5.41) is -0.317. The van der Waals surface area contributed by atoms with E-state index in [1.54, 1.807) is 24.6 Å². The van der Waals surface area contributed by atoms with E-state index in [9.17, 15) is 4.79 Å². The van der Waals surface area contributed by atoms with E-state index >= 15 is 0 Å². The predicted octanol–water partition coefficient (Wildman–Crippen LogP) is 3.06. The van der Waals surface area contributed by atoms with Crippen molar-refractivity contribution in [3.63, 3.8) is 0 Å². The summed E-state index contributed by atoms with van der Waals surface area (Å²) >= 11 is 9.45. The molecule has 7 heteroatoms. The minimum Gasteiger partial charge on any atom is -0.465 e. The third-order valence-corrected chi connectivity index (χ3v) is 3.16. The fourth-order valence-electron chi connectivity index (χ4n) is 1.80. The Morgan fingerprint density at radius 1 is 1.63 bits per heavy atom. The molecule has 2 aromatic heterocycles. The number of carbonyl (C=O) groups is 1. The van der Waals surface area contributed by atoms with E-state index in [1.165, 1.54) is 0 Å². The molecule has 0 saturated heterocycles. The molecule has 19 heavy (non-hydrogen) atoms. The van der Waals surface area contributed by atoms with Crippen LogP contribution in [0.15, 0.2) is 16.7 Å². The van der Waals surface area contributed by atoms with E-state index in [2.05, 4.69) is 25.9 Å². The van der Waals surface area contributed by atoms with Crippen LogP contribution in [0.1, 0.15) is 25.0 Å². The molecule has 2 heterocycles. The number of carbonyl (C=O) groups excluding carboxylic acids is 1. The molecule has 0 spiro atoms. The monoisotopic (exact) mass is 345 g/mol. The molecular weight excluding hydrogens is 334 g/mol. The fourth-order valence-corrected chi connectivity index (χ4v) is 2.28. The van der Waals surface area contributed by atoms with Gasteiger partial charge in [-0.05, 0) is 35.8 Å². The molecule has 0 aliphatic carbocycles. The topological polar surface area (TPSA) is 57.0 Å². The number of ether oxygens (including phenoxy) is 1. The van der Waals surface area contributed by atoms with Gasteiger partial charge < -0.3 is 9.30 Å². The average molecular weight is 347 g/mol. The van der Waals surface area contributed by atoms with Crippen LogP contribution in [0, 0.1) is 0 Å². The van der Waals surface area contributed by atoms with E-state index in [1.807, 2.05) is 6.07 Å². The van der Waals surface area contributed by atoms with Gasteiger partial charge in [0, 0.05) is 10.7 Å². The summed E-state index contributed by atoms with van der Waals surface area (Å²) in [6.45, 7) is 3.98. The van der Waals surface area contributed by atoms with Gasteiger partial charge in [-0.3, -0.25) is 4.79 Å². The zero-order valence-corrected chi connectivity index (χ0v) is 12.9. The van der Waals surface area contributed by atoms with Crippen LogP contribution in [-0.2, 0) is 16.1 Å². The smallest absolute Gasteiger partial charge is 0.326 e. The van der Waals surface area contributed by atoms with E-state index in [4.69, 9.17) is 16.3 Å². The van der Waals surface area contributed by atoms with Crippen LogP contribution in [0.25, 0.3) is 11.2 Å². The Balaban J connectivity index is 2.49. The Morgan fingerprint density at radius 3 is 3.00 bits per heavy atom. The van der Waals surface area contributed by atoms with Crippen molar-refractivity contribution in [1.29, 1.82) is 0 Å². The number of imidazole rings is 1. The number of alkyl halides is 1. The van der Waals surface area contributed by atoms with Crippen molar-refractivity contribution in [1.82, 2.24) is 14.5 Å². The van der Waals surface area contributed by atoms with Crippen LogP contribution in [0.5, 0.6) is 0 Å². The van der Waals surface area contributed by atoms with Gasteiger partial charge in [0.1, 0.15) is 17.9 Å². The van der Waals surface area contributed by atoms with Crippen molar-refractivity contribution in [3.8, 4) is 0 Å². The fraction of sp³-hybridized carbons (Fsp3) is 0.417. The highest BCUT2D eigenvalue weighted by Gasteiger charge is 2.18. The van der Waals surface area contributed by atoms with Gasteiger partial charge >= 0.3 is 5.97 Å². The van der Waals surface area contributed by atoms with Gasteiger partial charge in [0.15, 0.2) is 5.65 Å². The molecule has 0 saturated carbocycles. The summed E-state index contributed by atoms with van der Waals surface area (Å²) in [7, 11) is 0. The second-order valence-electron chi connectivity index (χ2n) is 3.97. The van der Waals surface area contributed by atoms with E-state index in [0.717, 1.165) is 4.47 Å². The Bertz CT molecular complexity index is 612. The van der Waals surface area contributed by atoms with Gasteiger partial charge in [0.25, 0.3) is 0 Å². The van der Waals surface area contributed by atoms with Crippen molar-refractivity contribution in [2.45, 2.75) is 25.8 Å². The maximum atomic E-state index is 11.6. The summed E-state index contributed by atoms with van der Waals surface area (Å²) in [5.41, 5.74) is 1.32. The Labute approximate surface area is 124 Å². The maximum absolute atomic E-state index is 11.6. The first-order valence-corrected chi connectivity index (χ1v) is 7.07. The normalized spacial score (nSPS) is 12.6. The van der Waals surface area contributed by atoms with E-state index in [0.29, 0.717) is 23.6 Å².